The number of amidine groups is 1. The molecule has 5 nitrogen and oxygen atoms in total. The van der Waals surface area contributed by atoms with Gasteiger partial charge in [0.15, 0.2) is 0 Å². The van der Waals surface area contributed by atoms with Gasteiger partial charge in [-0.15, -0.1) is 0 Å². The molecule has 0 bridgehead atoms. The van der Waals surface area contributed by atoms with Crippen LogP contribution in [0.4, 0.5) is 0 Å². The highest BCUT2D eigenvalue weighted by atomic mass is 16.5. The van der Waals surface area contributed by atoms with Crippen molar-refractivity contribution in [2.75, 3.05) is 19.8 Å². The van der Waals surface area contributed by atoms with Crippen LogP contribution in [0.25, 0.3) is 0 Å². The number of hydrogen-bond acceptors (Lipinski definition) is 4. The van der Waals surface area contributed by atoms with Crippen LogP contribution in [0.15, 0.2) is 35.5 Å². The van der Waals surface area contributed by atoms with E-state index in [1.807, 2.05) is 30.3 Å². The highest BCUT2D eigenvalue weighted by molar-refractivity contribution is 5.80. The van der Waals surface area contributed by atoms with Gasteiger partial charge in [-0.25, -0.2) is 0 Å². The minimum atomic E-state index is 0.0295. The molecule has 4 N–H and O–H groups in total. The summed E-state index contributed by atoms with van der Waals surface area (Å²) in [6, 6.07) is 10.0. The molecule has 1 unspecified atom stereocenters. The lowest BCUT2D eigenvalue weighted by atomic mass is 10.0. The van der Waals surface area contributed by atoms with E-state index in [9.17, 15) is 0 Å². The van der Waals surface area contributed by atoms with Gasteiger partial charge >= 0.3 is 0 Å². The third kappa shape index (κ3) is 6.54. The minimum absolute atomic E-state index is 0.0295. The number of ether oxygens (including phenoxy) is 1. The van der Waals surface area contributed by atoms with E-state index >= 15 is 0 Å². The maximum Gasteiger partial charge on any atom is 0.141 e. The van der Waals surface area contributed by atoms with E-state index < -0.39 is 0 Å². The molecule has 0 aliphatic heterocycles. The first-order chi connectivity index (χ1) is 9.77. The Hall–Kier alpha value is -1.59. The summed E-state index contributed by atoms with van der Waals surface area (Å²) in [6.07, 6.45) is 2.70. The lowest BCUT2D eigenvalue weighted by Gasteiger charge is -2.18. The highest BCUT2D eigenvalue weighted by Gasteiger charge is 2.12. The number of nitrogens with two attached hydrogens (primary N) is 1. The zero-order valence-electron chi connectivity index (χ0n) is 12.1. The van der Waals surface area contributed by atoms with E-state index in [2.05, 4.69) is 17.4 Å². The Balaban J connectivity index is 2.43. The molecule has 0 spiro atoms. The van der Waals surface area contributed by atoms with Gasteiger partial charge in [0.2, 0.25) is 0 Å². The number of hydrogen-bond donors (Lipinski definition) is 3. The summed E-state index contributed by atoms with van der Waals surface area (Å²) in [5, 5.41) is 15.1. The molecule has 20 heavy (non-hydrogen) atoms. The Labute approximate surface area is 120 Å². The van der Waals surface area contributed by atoms with Crippen LogP contribution in [0.1, 0.15) is 37.8 Å². The molecule has 0 aromatic heterocycles. The summed E-state index contributed by atoms with van der Waals surface area (Å²) < 4.78 is 5.52. The number of benzene rings is 1. The summed E-state index contributed by atoms with van der Waals surface area (Å²) in [7, 11) is 0. The quantitative estimate of drug-likeness (QED) is 0.202. The van der Waals surface area contributed by atoms with E-state index in [1.54, 1.807) is 0 Å². The first-order valence-electron chi connectivity index (χ1n) is 7.10. The van der Waals surface area contributed by atoms with Crippen LogP contribution >= 0.6 is 0 Å². The van der Waals surface area contributed by atoms with Crippen molar-refractivity contribution in [2.45, 2.75) is 32.2 Å². The van der Waals surface area contributed by atoms with Crippen molar-refractivity contribution in [1.29, 1.82) is 0 Å². The predicted molar refractivity (Wildman–Crippen MR) is 80.9 cm³/mol. The van der Waals surface area contributed by atoms with Crippen LogP contribution in [0.5, 0.6) is 0 Å². The smallest absolute Gasteiger partial charge is 0.141 e. The second-order valence-corrected chi connectivity index (χ2v) is 4.68. The standard InChI is InChI=1S/C15H25N3O2/c1-2-3-10-20-11-9-17-14(12-15(16)18-19)13-7-5-4-6-8-13/h4-8,14,17,19H,2-3,9-12H2,1H3,(H2,16,18). The van der Waals surface area contributed by atoms with E-state index in [0.717, 1.165) is 31.6 Å². The van der Waals surface area contributed by atoms with Gasteiger partial charge in [0.05, 0.1) is 6.61 Å². The highest BCUT2D eigenvalue weighted by Crippen LogP contribution is 2.16. The normalized spacial score (nSPS) is 13.3. The molecular weight excluding hydrogens is 254 g/mol. The van der Waals surface area contributed by atoms with Crippen LogP contribution in [0.2, 0.25) is 0 Å². The fourth-order valence-electron chi connectivity index (χ4n) is 1.90. The first kappa shape index (κ1) is 16.5. The largest absolute Gasteiger partial charge is 0.409 e. The van der Waals surface area contributed by atoms with Gasteiger partial charge in [0.25, 0.3) is 0 Å². The minimum Gasteiger partial charge on any atom is -0.409 e. The number of nitrogens with zero attached hydrogens (tertiary/aromatic N) is 1. The lowest BCUT2D eigenvalue weighted by molar-refractivity contribution is 0.131. The molecule has 112 valence electrons. The van der Waals surface area contributed by atoms with Crippen molar-refractivity contribution < 1.29 is 9.94 Å². The van der Waals surface area contributed by atoms with Gasteiger partial charge in [-0.05, 0) is 12.0 Å². The van der Waals surface area contributed by atoms with Gasteiger partial charge in [-0.2, -0.15) is 0 Å². The fraction of sp³-hybridized carbons (Fsp3) is 0.533. The number of oxime groups is 1. The Morgan fingerprint density at radius 1 is 1.35 bits per heavy atom. The Kier molecular flexibility index (Phi) is 8.42. The molecule has 0 heterocycles. The fourth-order valence-corrected chi connectivity index (χ4v) is 1.90. The summed E-state index contributed by atoms with van der Waals surface area (Å²) in [4.78, 5) is 0. The third-order valence-electron chi connectivity index (χ3n) is 3.02. The van der Waals surface area contributed by atoms with Gasteiger partial charge in [-0.1, -0.05) is 48.8 Å². The van der Waals surface area contributed by atoms with E-state index in [-0.39, 0.29) is 11.9 Å². The van der Waals surface area contributed by atoms with Crippen LogP contribution in [0, 0.1) is 0 Å². The molecule has 1 rings (SSSR count). The van der Waals surface area contributed by atoms with Crippen molar-refractivity contribution in [1.82, 2.24) is 5.32 Å². The summed E-state index contributed by atoms with van der Waals surface area (Å²) in [5.74, 6) is 0.221. The number of nitrogens with one attached hydrogen (secondary N) is 1. The van der Waals surface area contributed by atoms with Crippen molar-refractivity contribution >= 4 is 5.84 Å². The molecule has 0 amide bonds. The molecule has 0 saturated carbocycles. The average molecular weight is 279 g/mol. The van der Waals surface area contributed by atoms with Crippen molar-refractivity contribution in [2.24, 2.45) is 10.9 Å². The zero-order valence-corrected chi connectivity index (χ0v) is 12.1. The monoisotopic (exact) mass is 279 g/mol. The molecule has 0 fully saturated rings. The van der Waals surface area contributed by atoms with Gasteiger partial charge in [0, 0.05) is 25.6 Å². The van der Waals surface area contributed by atoms with Gasteiger partial charge in [0.1, 0.15) is 5.84 Å². The van der Waals surface area contributed by atoms with E-state index in [4.69, 9.17) is 15.7 Å². The van der Waals surface area contributed by atoms with E-state index in [0.29, 0.717) is 13.0 Å². The second-order valence-electron chi connectivity index (χ2n) is 4.68. The zero-order chi connectivity index (χ0) is 14.6. The lowest BCUT2D eigenvalue weighted by Crippen LogP contribution is -2.29. The maximum absolute atomic E-state index is 8.71. The summed E-state index contributed by atoms with van der Waals surface area (Å²) >= 11 is 0. The molecule has 0 aliphatic rings. The summed E-state index contributed by atoms with van der Waals surface area (Å²) in [6.45, 7) is 4.35. The van der Waals surface area contributed by atoms with Crippen molar-refractivity contribution in [3.05, 3.63) is 35.9 Å². The topological polar surface area (TPSA) is 79.9 Å². The number of unbranched alkanes of at least 4 members (excludes halogenated alkanes) is 1. The molecule has 5 heteroatoms. The maximum atomic E-state index is 8.71. The average Bonchev–Trinajstić information content (AvgIpc) is 2.50. The molecule has 0 saturated heterocycles. The van der Waals surface area contributed by atoms with E-state index in [1.165, 1.54) is 0 Å². The summed E-state index contributed by atoms with van der Waals surface area (Å²) in [5.41, 5.74) is 6.73. The molecule has 1 atom stereocenters. The molecule has 1 aromatic carbocycles. The van der Waals surface area contributed by atoms with Crippen LogP contribution in [-0.2, 0) is 4.74 Å². The Morgan fingerprint density at radius 3 is 2.75 bits per heavy atom. The van der Waals surface area contributed by atoms with Crippen molar-refractivity contribution in [3.63, 3.8) is 0 Å². The first-order valence-corrected chi connectivity index (χ1v) is 7.10. The Bertz CT molecular complexity index is 382. The number of rotatable bonds is 10. The van der Waals surface area contributed by atoms with Crippen LogP contribution in [0.3, 0.4) is 0 Å². The van der Waals surface area contributed by atoms with Gasteiger partial charge < -0.3 is 21.0 Å². The molecule has 0 radical (unpaired) electrons. The van der Waals surface area contributed by atoms with Crippen LogP contribution in [-0.4, -0.2) is 30.8 Å². The Morgan fingerprint density at radius 2 is 2.10 bits per heavy atom. The van der Waals surface area contributed by atoms with Crippen LogP contribution < -0.4 is 11.1 Å². The molecular formula is C15H25N3O2. The van der Waals surface area contributed by atoms with Gasteiger partial charge in [-0.3, -0.25) is 0 Å². The molecule has 1 aromatic rings. The second kappa shape index (κ2) is 10.2. The van der Waals surface area contributed by atoms with Crippen molar-refractivity contribution in [3.8, 4) is 0 Å². The molecule has 0 aliphatic carbocycles. The predicted octanol–water partition coefficient (Wildman–Crippen LogP) is 2.27. The SMILES string of the molecule is CCCCOCCNC(CC(N)=NO)c1ccccc1. The third-order valence-corrected chi connectivity index (χ3v) is 3.02.